The summed E-state index contributed by atoms with van der Waals surface area (Å²) in [6.45, 7) is 4.66. The summed E-state index contributed by atoms with van der Waals surface area (Å²) in [5.74, 6) is 2.05. The van der Waals surface area contributed by atoms with E-state index in [4.69, 9.17) is 15.0 Å². The van der Waals surface area contributed by atoms with E-state index in [1.165, 1.54) is 43.8 Å². The van der Waals surface area contributed by atoms with Crippen molar-refractivity contribution in [2.45, 2.75) is 19.3 Å². The lowest BCUT2D eigenvalue weighted by atomic mass is 9.79. The maximum atomic E-state index is 5.10. The van der Waals surface area contributed by atoms with Gasteiger partial charge in [0.05, 0.1) is 0 Å². The van der Waals surface area contributed by atoms with Crippen LogP contribution in [0.15, 0.2) is 127 Å². The van der Waals surface area contributed by atoms with Crippen molar-refractivity contribution in [3.8, 4) is 45.3 Å². The molecular weight excluding hydrogens is 498 g/mol. The van der Waals surface area contributed by atoms with Crippen molar-refractivity contribution in [1.82, 2.24) is 15.0 Å². The number of aromatic nitrogens is 3. The zero-order chi connectivity index (χ0) is 27.6. The van der Waals surface area contributed by atoms with Gasteiger partial charge in [-0.3, -0.25) is 0 Å². The average molecular weight is 526 g/mol. The summed E-state index contributed by atoms with van der Waals surface area (Å²) in [5, 5.41) is 5.12. The van der Waals surface area contributed by atoms with Crippen LogP contribution in [0.3, 0.4) is 0 Å². The van der Waals surface area contributed by atoms with Crippen LogP contribution in [0, 0.1) is 0 Å². The van der Waals surface area contributed by atoms with Gasteiger partial charge >= 0.3 is 0 Å². The van der Waals surface area contributed by atoms with Crippen LogP contribution in [0.5, 0.6) is 0 Å². The lowest BCUT2D eigenvalue weighted by Gasteiger charge is -2.24. The number of hydrogen-bond acceptors (Lipinski definition) is 3. The van der Waals surface area contributed by atoms with Gasteiger partial charge < -0.3 is 0 Å². The molecule has 0 unspecified atom stereocenters. The third-order valence-corrected chi connectivity index (χ3v) is 8.48. The minimum absolute atomic E-state index is 0.237. The third kappa shape index (κ3) is 3.63. The van der Waals surface area contributed by atoms with E-state index < -0.39 is 0 Å². The van der Waals surface area contributed by atoms with Crippen LogP contribution in [-0.4, -0.2) is 15.0 Å². The van der Waals surface area contributed by atoms with E-state index in [2.05, 4.69) is 105 Å². The van der Waals surface area contributed by atoms with Crippen molar-refractivity contribution in [3.63, 3.8) is 0 Å². The first-order valence-electron chi connectivity index (χ1n) is 14.1. The van der Waals surface area contributed by atoms with E-state index in [1.54, 1.807) is 0 Å². The Morgan fingerprint density at radius 3 is 1.73 bits per heavy atom. The van der Waals surface area contributed by atoms with E-state index in [0.717, 1.165) is 16.7 Å². The Labute approximate surface area is 239 Å². The minimum Gasteiger partial charge on any atom is -0.208 e. The lowest BCUT2D eigenvalue weighted by molar-refractivity contribution is 0.662. The molecule has 6 aromatic carbocycles. The smallest absolute Gasteiger partial charge is 0.164 e. The van der Waals surface area contributed by atoms with Crippen molar-refractivity contribution in [2.75, 3.05) is 0 Å². The molecule has 1 aromatic heterocycles. The molecule has 41 heavy (non-hydrogen) atoms. The summed E-state index contributed by atoms with van der Waals surface area (Å²) in [6.07, 6.45) is 0. The van der Waals surface area contributed by atoms with Crippen molar-refractivity contribution < 1.29 is 0 Å². The van der Waals surface area contributed by atoms with E-state index in [9.17, 15) is 0 Å². The van der Waals surface area contributed by atoms with Gasteiger partial charge in [0, 0.05) is 22.1 Å². The molecule has 1 aliphatic carbocycles. The number of rotatable bonds is 3. The topological polar surface area (TPSA) is 38.7 Å². The summed E-state index contributed by atoms with van der Waals surface area (Å²) in [7, 11) is 0. The van der Waals surface area contributed by atoms with Crippen molar-refractivity contribution >= 4 is 21.5 Å². The normalized spacial score (nSPS) is 13.3. The Bertz CT molecular complexity index is 2050. The second kappa shape index (κ2) is 8.94. The average Bonchev–Trinajstić information content (AvgIpc) is 3.28. The molecule has 0 fully saturated rings. The SMILES string of the molecule is CC1(C)c2ccc3ccc4ccccc4c3c2-c2cccc(-c3nc(-c4ccccc4)nc(-c4ccccc4)n3)c21. The molecule has 194 valence electrons. The molecule has 0 atom stereocenters. The van der Waals surface area contributed by atoms with E-state index in [1.807, 2.05) is 36.4 Å². The molecule has 0 saturated carbocycles. The number of benzene rings is 6. The summed E-state index contributed by atoms with van der Waals surface area (Å²) >= 11 is 0. The Morgan fingerprint density at radius 2 is 1.02 bits per heavy atom. The van der Waals surface area contributed by atoms with E-state index >= 15 is 0 Å². The Hall–Kier alpha value is -5.15. The molecule has 3 nitrogen and oxygen atoms in total. The van der Waals surface area contributed by atoms with Gasteiger partial charge in [-0.15, -0.1) is 0 Å². The first kappa shape index (κ1) is 23.7. The number of hydrogen-bond donors (Lipinski definition) is 0. The van der Waals surface area contributed by atoms with Gasteiger partial charge in [0.25, 0.3) is 0 Å². The van der Waals surface area contributed by atoms with Gasteiger partial charge in [-0.25, -0.2) is 15.0 Å². The Morgan fingerprint density at radius 1 is 0.463 bits per heavy atom. The molecule has 3 heteroatoms. The molecule has 0 radical (unpaired) electrons. The van der Waals surface area contributed by atoms with Crippen LogP contribution >= 0.6 is 0 Å². The Kier molecular flexibility index (Phi) is 5.17. The molecule has 8 rings (SSSR count). The fraction of sp³-hybridized carbons (Fsp3) is 0.0789. The van der Waals surface area contributed by atoms with Gasteiger partial charge in [0.15, 0.2) is 17.5 Å². The van der Waals surface area contributed by atoms with Gasteiger partial charge in [0.1, 0.15) is 0 Å². The highest BCUT2D eigenvalue weighted by molar-refractivity contribution is 6.17. The second-order valence-electron chi connectivity index (χ2n) is 11.3. The highest BCUT2D eigenvalue weighted by atomic mass is 15.0. The maximum absolute atomic E-state index is 5.10. The van der Waals surface area contributed by atoms with Crippen LogP contribution in [0.4, 0.5) is 0 Å². The minimum atomic E-state index is -0.237. The zero-order valence-electron chi connectivity index (χ0n) is 23.0. The van der Waals surface area contributed by atoms with Crippen molar-refractivity contribution in [3.05, 3.63) is 139 Å². The summed E-state index contributed by atoms with van der Waals surface area (Å²) in [4.78, 5) is 15.1. The molecule has 0 bridgehead atoms. The van der Waals surface area contributed by atoms with Gasteiger partial charge in [-0.05, 0) is 43.8 Å². The molecule has 0 saturated heterocycles. The van der Waals surface area contributed by atoms with E-state index in [-0.39, 0.29) is 5.41 Å². The second-order valence-corrected chi connectivity index (χ2v) is 11.3. The predicted octanol–water partition coefficient (Wildman–Crippen LogP) is 9.49. The van der Waals surface area contributed by atoms with Crippen LogP contribution in [0.25, 0.3) is 66.8 Å². The summed E-state index contributed by atoms with van der Waals surface area (Å²) in [5.41, 5.74) is 7.94. The highest BCUT2D eigenvalue weighted by Gasteiger charge is 2.39. The van der Waals surface area contributed by atoms with Gasteiger partial charge in [-0.2, -0.15) is 0 Å². The molecule has 1 aliphatic rings. The van der Waals surface area contributed by atoms with Gasteiger partial charge in [0.2, 0.25) is 0 Å². The summed E-state index contributed by atoms with van der Waals surface area (Å²) < 4.78 is 0. The van der Waals surface area contributed by atoms with Gasteiger partial charge in [-0.1, -0.05) is 141 Å². The zero-order valence-corrected chi connectivity index (χ0v) is 23.0. The number of fused-ring (bicyclic) bond motifs is 7. The first-order chi connectivity index (χ1) is 20.1. The summed E-state index contributed by atoms with van der Waals surface area (Å²) in [6, 6.07) is 44.7. The molecular formula is C38H27N3. The molecule has 0 amide bonds. The quantitative estimate of drug-likeness (QED) is 0.216. The van der Waals surface area contributed by atoms with Crippen LogP contribution in [0.2, 0.25) is 0 Å². The molecule has 0 aliphatic heterocycles. The fourth-order valence-electron chi connectivity index (χ4n) is 6.58. The molecule has 0 N–H and O–H groups in total. The van der Waals surface area contributed by atoms with Crippen molar-refractivity contribution in [1.29, 1.82) is 0 Å². The van der Waals surface area contributed by atoms with Crippen LogP contribution < -0.4 is 0 Å². The largest absolute Gasteiger partial charge is 0.208 e. The van der Waals surface area contributed by atoms with Crippen LogP contribution in [-0.2, 0) is 5.41 Å². The maximum Gasteiger partial charge on any atom is 0.164 e. The Balaban J connectivity index is 1.43. The van der Waals surface area contributed by atoms with Crippen molar-refractivity contribution in [2.24, 2.45) is 0 Å². The number of nitrogens with zero attached hydrogens (tertiary/aromatic N) is 3. The van der Waals surface area contributed by atoms with Crippen LogP contribution in [0.1, 0.15) is 25.0 Å². The standard InChI is InChI=1S/C38H27N3/c1-38(2)31-23-22-25-21-20-24-12-9-10-17-28(24)32(25)33(31)29-18-11-19-30(34(29)38)37-40-35(26-13-5-3-6-14-26)39-36(41-37)27-15-7-4-8-16-27/h3-23H,1-2H3. The fourth-order valence-corrected chi connectivity index (χ4v) is 6.58. The highest BCUT2D eigenvalue weighted by Crippen LogP contribution is 2.54. The molecule has 1 heterocycles. The molecule has 0 spiro atoms. The monoisotopic (exact) mass is 525 g/mol. The lowest BCUT2D eigenvalue weighted by Crippen LogP contribution is -2.17. The third-order valence-electron chi connectivity index (χ3n) is 8.48. The van der Waals surface area contributed by atoms with E-state index in [0.29, 0.717) is 17.5 Å². The first-order valence-corrected chi connectivity index (χ1v) is 14.1. The molecule has 7 aromatic rings. The predicted molar refractivity (Wildman–Crippen MR) is 169 cm³/mol.